The summed E-state index contributed by atoms with van der Waals surface area (Å²) in [5.74, 6) is -1.08. The number of halogens is 4. The number of primary sulfonamides is 1. The van der Waals surface area contributed by atoms with Gasteiger partial charge >= 0.3 is 6.36 Å². The minimum Gasteiger partial charge on any atom is -0.403 e. The molecule has 96 valence electrons. The molecule has 0 bridgehead atoms. The summed E-state index contributed by atoms with van der Waals surface area (Å²) in [5.41, 5.74) is -0.885. The van der Waals surface area contributed by atoms with Gasteiger partial charge in [-0.15, -0.1) is 13.2 Å². The van der Waals surface area contributed by atoms with Gasteiger partial charge in [0, 0.05) is 6.20 Å². The molecular weight excluding hydrogens is 380 g/mol. The fourth-order valence-electron chi connectivity index (χ4n) is 0.937. The van der Waals surface area contributed by atoms with Gasteiger partial charge in [0.05, 0.1) is 0 Å². The smallest absolute Gasteiger partial charge is 0.403 e. The first-order valence-corrected chi connectivity index (χ1v) is 6.34. The molecule has 6 nitrogen and oxygen atoms in total. The van der Waals surface area contributed by atoms with E-state index in [0.717, 1.165) is 0 Å². The molecule has 11 heteroatoms. The molecule has 1 heterocycles. The molecule has 0 saturated heterocycles. The van der Waals surface area contributed by atoms with Crippen molar-refractivity contribution in [2.45, 2.75) is 11.3 Å². The molecule has 0 aliphatic heterocycles. The van der Waals surface area contributed by atoms with Crippen LogP contribution in [0.2, 0.25) is 0 Å². The molecule has 0 saturated carbocycles. The number of hydrogen-bond acceptors (Lipinski definition) is 4. The zero-order valence-electron chi connectivity index (χ0n) is 7.71. The Morgan fingerprint density at radius 3 is 2.35 bits per heavy atom. The van der Waals surface area contributed by atoms with Gasteiger partial charge in [-0.2, -0.15) is 0 Å². The number of pyridine rings is 1. The molecule has 1 aromatic rings. The number of H-pyrrole nitrogens is 1. The van der Waals surface area contributed by atoms with Gasteiger partial charge < -0.3 is 9.72 Å². The van der Waals surface area contributed by atoms with E-state index >= 15 is 0 Å². The maximum atomic E-state index is 12.0. The predicted octanol–water partition coefficient (Wildman–Crippen LogP) is 0.526. The van der Waals surface area contributed by atoms with Crippen molar-refractivity contribution in [1.29, 1.82) is 0 Å². The van der Waals surface area contributed by atoms with E-state index in [9.17, 15) is 26.4 Å². The molecule has 0 unspecified atom stereocenters. The standard InChI is InChI=1S/C6H4F3IN2O4S/c7-6(8,9)16-2-1-12-5(13)3(10)4(2)17(11,14)15/h1H,(H,12,13)(H2,11,14,15). The number of rotatable bonds is 2. The van der Waals surface area contributed by atoms with Gasteiger partial charge in [0.15, 0.2) is 5.75 Å². The third kappa shape index (κ3) is 3.57. The first-order valence-electron chi connectivity index (χ1n) is 3.72. The van der Waals surface area contributed by atoms with Crippen molar-refractivity contribution < 1.29 is 26.3 Å². The average Bonchev–Trinajstić information content (AvgIpc) is 2.06. The van der Waals surface area contributed by atoms with Crippen LogP contribution in [0.5, 0.6) is 5.75 Å². The van der Waals surface area contributed by atoms with Crippen molar-refractivity contribution >= 4 is 32.6 Å². The van der Waals surface area contributed by atoms with E-state index in [-0.39, 0.29) is 0 Å². The maximum absolute atomic E-state index is 12.0. The lowest BCUT2D eigenvalue weighted by molar-refractivity contribution is -0.275. The van der Waals surface area contributed by atoms with Gasteiger partial charge in [-0.3, -0.25) is 4.79 Å². The van der Waals surface area contributed by atoms with Crippen molar-refractivity contribution in [3.05, 3.63) is 20.1 Å². The zero-order chi connectivity index (χ0) is 13.4. The Labute approximate surface area is 106 Å². The summed E-state index contributed by atoms with van der Waals surface area (Å²) in [7, 11) is -4.51. The molecule has 0 radical (unpaired) electrons. The van der Waals surface area contributed by atoms with Gasteiger partial charge in [0.1, 0.15) is 8.47 Å². The minimum absolute atomic E-state index is 0.484. The summed E-state index contributed by atoms with van der Waals surface area (Å²) >= 11 is 1.26. The van der Waals surface area contributed by atoms with Crippen LogP contribution >= 0.6 is 22.6 Å². The van der Waals surface area contributed by atoms with E-state index in [4.69, 9.17) is 5.14 Å². The van der Waals surface area contributed by atoms with Crippen molar-refractivity contribution in [1.82, 2.24) is 4.98 Å². The number of sulfonamides is 1. The molecule has 0 spiro atoms. The number of nitrogens with two attached hydrogens (primary N) is 1. The Bertz CT molecular complexity index is 594. The molecule has 0 aromatic carbocycles. The lowest BCUT2D eigenvalue weighted by Gasteiger charge is -2.12. The third-order valence-electron chi connectivity index (χ3n) is 1.47. The van der Waals surface area contributed by atoms with Gasteiger partial charge in [0.25, 0.3) is 5.56 Å². The second-order valence-corrected chi connectivity index (χ2v) is 5.29. The number of aromatic amines is 1. The van der Waals surface area contributed by atoms with Crippen LogP contribution in [-0.2, 0) is 10.0 Å². The number of alkyl halides is 3. The quantitative estimate of drug-likeness (QED) is 0.727. The highest BCUT2D eigenvalue weighted by molar-refractivity contribution is 14.1. The van der Waals surface area contributed by atoms with Crippen LogP contribution in [0.15, 0.2) is 15.9 Å². The minimum atomic E-state index is -5.10. The highest BCUT2D eigenvalue weighted by Gasteiger charge is 2.35. The van der Waals surface area contributed by atoms with E-state index in [1.54, 1.807) is 0 Å². The van der Waals surface area contributed by atoms with Gasteiger partial charge in [-0.25, -0.2) is 13.6 Å². The molecule has 0 atom stereocenters. The zero-order valence-corrected chi connectivity index (χ0v) is 10.7. The van der Waals surface area contributed by atoms with Crippen LogP contribution in [0, 0.1) is 3.57 Å². The Morgan fingerprint density at radius 2 is 1.94 bits per heavy atom. The van der Waals surface area contributed by atoms with E-state index in [2.05, 4.69) is 4.74 Å². The normalized spacial score (nSPS) is 12.5. The monoisotopic (exact) mass is 384 g/mol. The fourth-order valence-corrected chi connectivity index (χ4v) is 3.00. The third-order valence-corrected chi connectivity index (χ3v) is 3.84. The summed E-state index contributed by atoms with van der Waals surface area (Å²) in [6.07, 6.45) is -4.61. The van der Waals surface area contributed by atoms with Crippen LogP contribution in [0.1, 0.15) is 0 Å². The largest absolute Gasteiger partial charge is 0.573 e. The number of ether oxygens (including phenoxy) is 1. The number of nitrogens with one attached hydrogen (secondary N) is 1. The molecule has 0 aliphatic carbocycles. The summed E-state index contributed by atoms with van der Waals surface area (Å²) in [4.78, 5) is 12.0. The van der Waals surface area contributed by atoms with Crippen LogP contribution in [0.3, 0.4) is 0 Å². The van der Waals surface area contributed by atoms with Crippen molar-refractivity contribution in [2.75, 3.05) is 0 Å². The Morgan fingerprint density at radius 1 is 1.41 bits per heavy atom. The number of aromatic nitrogens is 1. The average molecular weight is 384 g/mol. The highest BCUT2D eigenvalue weighted by Crippen LogP contribution is 2.29. The highest BCUT2D eigenvalue weighted by atomic mass is 127. The van der Waals surface area contributed by atoms with Crippen molar-refractivity contribution in [3.63, 3.8) is 0 Å². The molecule has 0 fully saturated rings. The van der Waals surface area contributed by atoms with Crippen molar-refractivity contribution in [3.8, 4) is 5.75 Å². The summed E-state index contributed by atoms with van der Waals surface area (Å²) in [6, 6.07) is 0. The lowest BCUT2D eigenvalue weighted by Crippen LogP contribution is -2.25. The fraction of sp³-hybridized carbons (Fsp3) is 0.167. The van der Waals surface area contributed by atoms with Crippen LogP contribution in [-0.4, -0.2) is 19.8 Å². The van der Waals surface area contributed by atoms with Crippen LogP contribution in [0.4, 0.5) is 13.2 Å². The van der Waals surface area contributed by atoms with Crippen molar-refractivity contribution in [2.24, 2.45) is 5.14 Å². The first kappa shape index (κ1) is 14.2. The van der Waals surface area contributed by atoms with Gasteiger partial charge in [-0.1, -0.05) is 0 Å². The van der Waals surface area contributed by atoms with E-state index in [1.165, 1.54) is 22.6 Å². The second-order valence-electron chi connectivity index (χ2n) is 2.72. The van der Waals surface area contributed by atoms with Crippen LogP contribution < -0.4 is 15.4 Å². The van der Waals surface area contributed by atoms with E-state index in [1.807, 2.05) is 4.98 Å². The van der Waals surface area contributed by atoms with Gasteiger partial charge in [-0.05, 0) is 22.6 Å². The molecule has 1 aromatic heterocycles. The van der Waals surface area contributed by atoms with Crippen LogP contribution in [0.25, 0.3) is 0 Å². The summed E-state index contributed by atoms with van der Waals surface area (Å²) in [5, 5.41) is 4.71. The van der Waals surface area contributed by atoms with E-state index < -0.39 is 36.2 Å². The summed E-state index contributed by atoms with van der Waals surface area (Å²) in [6.45, 7) is 0. The SMILES string of the molecule is NS(=O)(=O)c1c(OC(F)(F)F)c[nH]c(=O)c1I. The molecule has 0 amide bonds. The Balaban J connectivity index is 3.53. The molecule has 3 N–H and O–H groups in total. The van der Waals surface area contributed by atoms with E-state index in [0.29, 0.717) is 6.20 Å². The molecular formula is C6H4F3IN2O4S. The first-order chi connectivity index (χ1) is 7.52. The molecule has 1 rings (SSSR count). The predicted molar refractivity (Wildman–Crippen MR) is 57.8 cm³/mol. The Hall–Kier alpha value is -0.820. The maximum Gasteiger partial charge on any atom is 0.573 e. The Kier molecular flexibility index (Phi) is 3.73. The topological polar surface area (TPSA) is 102 Å². The molecule has 17 heavy (non-hydrogen) atoms. The lowest BCUT2D eigenvalue weighted by atomic mass is 10.4. The number of hydrogen-bond donors (Lipinski definition) is 2. The summed E-state index contributed by atoms with van der Waals surface area (Å²) < 4.78 is 61.1. The second kappa shape index (κ2) is 4.45. The van der Waals surface area contributed by atoms with Gasteiger partial charge in [0.2, 0.25) is 10.0 Å². The molecule has 0 aliphatic rings.